The molecule has 0 aliphatic heterocycles. The van der Waals surface area contributed by atoms with E-state index in [1.165, 1.54) is 0 Å². The molecule has 0 amide bonds. The van der Waals surface area contributed by atoms with Gasteiger partial charge in [-0.3, -0.25) is 0 Å². The van der Waals surface area contributed by atoms with Crippen LogP contribution in [0.5, 0.6) is 0 Å². The Morgan fingerprint density at radius 1 is 1.38 bits per heavy atom. The molecule has 0 fully saturated rings. The minimum absolute atomic E-state index is 0.131. The van der Waals surface area contributed by atoms with Crippen molar-refractivity contribution in [3.05, 3.63) is 10.1 Å². The largest absolute Gasteiger partial charge is 0.477 e. The highest BCUT2D eigenvalue weighted by molar-refractivity contribution is 9.12. The fourth-order valence-corrected chi connectivity index (χ4v) is 1.18. The molecule has 74 valence electrons. The second kappa shape index (κ2) is 5.75. The topological polar surface area (TPSA) is 63.6 Å². The minimum atomic E-state index is -1.16. The van der Waals surface area contributed by atoms with Crippen LogP contribution in [-0.4, -0.2) is 23.7 Å². The van der Waals surface area contributed by atoms with E-state index in [2.05, 4.69) is 20.7 Å². The fraction of sp³-hybridized carbons (Fsp3) is 0.500. The average Bonchev–Trinajstić information content (AvgIpc) is 2.05. The lowest BCUT2D eigenvalue weighted by Gasteiger charge is -2.04. The van der Waals surface area contributed by atoms with Crippen LogP contribution in [0.25, 0.3) is 0 Å². The second-order valence-electron chi connectivity index (χ2n) is 2.17. The normalized spacial score (nSPS) is 11.9. The first kappa shape index (κ1) is 12.2. The maximum absolute atomic E-state index is 11.1. The molecular formula is C8H11BrO4. The Kier molecular flexibility index (Phi) is 5.37. The molecule has 0 saturated carbocycles. The van der Waals surface area contributed by atoms with Crippen molar-refractivity contribution in [3.8, 4) is 0 Å². The van der Waals surface area contributed by atoms with Gasteiger partial charge in [-0.15, -0.1) is 0 Å². The van der Waals surface area contributed by atoms with Crippen LogP contribution in [0, 0.1) is 0 Å². The van der Waals surface area contributed by atoms with Crippen LogP contribution in [0.1, 0.15) is 20.3 Å². The maximum atomic E-state index is 11.1. The molecule has 0 aromatic heterocycles. The molecule has 0 aromatic carbocycles. The summed E-state index contributed by atoms with van der Waals surface area (Å²) >= 11 is 2.82. The number of hydrogen-bond donors (Lipinski definition) is 1. The smallest absolute Gasteiger partial charge is 0.343 e. The Labute approximate surface area is 84.7 Å². The lowest BCUT2D eigenvalue weighted by atomic mass is 10.2. The van der Waals surface area contributed by atoms with E-state index in [0.29, 0.717) is 6.42 Å². The molecule has 0 bridgehead atoms. The first-order valence-electron chi connectivity index (χ1n) is 3.83. The molecule has 0 unspecified atom stereocenters. The van der Waals surface area contributed by atoms with Crippen molar-refractivity contribution in [2.75, 3.05) is 6.61 Å². The van der Waals surface area contributed by atoms with E-state index < -0.39 is 11.9 Å². The average molecular weight is 251 g/mol. The highest BCUT2D eigenvalue weighted by atomic mass is 79.9. The zero-order valence-electron chi connectivity index (χ0n) is 7.46. The molecule has 4 nitrogen and oxygen atoms in total. The number of esters is 1. The third kappa shape index (κ3) is 3.59. The molecule has 0 heterocycles. The molecular weight excluding hydrogens is 240 g/mol. The molecule has 0 saturated heterocycles. The molecule has 0 radical (unpaired) electrons. The van der Waals surface area contributed by atoms with Crippen LogP contribution in [0.2, 0.25) is 0 Å². The molecule has 13 heavy (non-hydrogen) atoms. The van der Waals surface area contributed by atoms with Crippen LogP contribution in [0.15, 0.2) is 10.1 Å². The van der Waals surface area contributed by atoms with Gasteiger partial charge in [0.05, 0.1) is 12.2 Å². The van der Waals surface area contributed by atoms with Crippen molar-refractivity contribution >= 4 is 27.9 Å². The van der Waals surface area contributed by atoms with E-state index in [1.807, 2.05) is 0 Å². The van der Waals surface area contributed by atoms with Gasteiger partial charge < -0.3 is 9.84 Å². The van der Waals surface area contributed by atoms with Crippen LogP contribution in [0.3, 0.4) is 0 Å². The van der Waals surface area contributed by atoms with Gasteiger partial charge >= 0.3 is 11.9 Å². The van der Waals surface area contributed by atoms with Gasteiger partial charge in [0.25, 0.3) is 0 Å². The van der Waals surface area contributed by atoms with E-state index in [-0.39, 0.29) is 16.7 Å². The summed E-state index contributed by atoms with van der Waals surface area (Å²) < 4.78 is 4.54. The number of halogens is 1. The Balaban J connectivity index is 4.77. The van der Waals surface area contributed by atoms with E-state index >= 15 is 0 Å². The third-order valence-electron chi connectivity index (χ3n) is 1.33. The lowest BCUT2D eigenvalue weighted by Crippen LogP contribution is -2.11. The van der Waals surface area contributed by atoms with Gasteiger partial charge in [-0.2, -0.15) is 0 Å². The van der Waals surface area contributed by atoms with Crippen LogP contribution >= 0.6 is 15.9 Å². The van der Waals surface area contributed by atoms with Gasteiger partial charge in [-0.05, 0) is 29.3 Å². The van der Waals surface area contributed by atoms with Crippen molar-refractivity contribution in [1.29, 1.82) is 0 Å². The molecule has 5 heteroatoms. The summed E-state index contributed by atoms with van der Waals surface area (Å²) in [6.45, 7) is 3.60. The fourth-order valence-electron chi connectivity index (χ4n) is 0.736. The minimum Gasteiger partial charge on any atom is -0.477 e. The number of rotatable bonds is 4. The highest BCUT2D eigenvalue weighted by Gasteiger charge is 2.17. The van der Waals surface area contributed by atoms with Crippen molar-refractivity contribution in [3.63, 3.8) is 0 Å². The van der Waals surface area contributed by atoms with E-state index in [0.717, 1.165) is 0 Å². The number of carboxylic acid groups (broad SMARTS) is 1. The number of carboxylic acids is 1. The summed E-state index contributed by atoms with van der Waals surface area (Å²) in [4.78, 5) is 21.6. The Morgan fingerprint density at radius 3 is 2.23 bits per heavy atom. The molecule has 1 N–H and O–H groups in total. The molecule has 0 aliphatic rings. The maximum Gasteiger partial charge on any atom is 0.343 e. The summed E-state index contributed by atoms with van der Waals surface area (Å²) in [5, 5.41) is 8.59. The van der Waals surface area contributed by atoms with Gasteiger partial charge in [0.2, 0.25) is 0 Å². The van der Waals surface area contributed by atoms with Crippen LogP contribution < -0.4 is 0 Å². The highest BCUT2D eigenvalue weighted by Crippen LogP contribution is 2.16. The van der Waals surface area contributed by atoms with Crippen LogP contribution in [-0.2, 0) is 14.3 Å². The van der Waals surface area contributed by atoms with Gasteiger partial charge in [-0.1, -0.05) is 6.92 Å². The number of hydrogen-bond acceptors (Lipinski definition) is 3. The lowest BCUT2D eigenvalue weighted by molar-refractivity contribution is -0.139. The zero-order valence-corrected chi connectivity index (χ0v) is 9.05. The quantitative estimate of drug-likeness (QED) is 0.610. The summed E-state index contributed by atoms with van der Waals surface area (Å²) in [6.07, 6.45) is 0.325. The third-order valence-corrected chi connectivity index (χ3v) is 2.15. The van der Waals surface area contributed by atoms with Crippen molar-refractivity contribution < 1.29 is 19.4 Å². The molecule has 0 atom stereocenters. The summed E-state index contributed by atoms with van der Waals surface area (Å²) in [5.74, 6) is -1.75. The molecule has 0 spiro atoms. The number of aliphatic carboxylic acids is 1. The van der Waals surface area contributed by atoms with Crippen LogP contribution in [0.4, 0.5) is 0 Å². The molecule has 0 aromatic rings. The summed E-state index contributed by atoms with van der Waals surface area (Å²) in [6, 6.07) is 0. The number of carbonyl (C=O) groups excluding carboxylic acids is 1. The predicted octanol–water partition coefficient (Wildman–Crippen LogP) is 1.69. The monoisotopic (exact) mass is 250 g/mol. The van der Waals surface area contributed by atoms with Gasteiger partial charge in [-0.25, -0.2) is 9.59 Å². The van der Waals surface area contributed by atoms with Gasteiger partial charge in [0.1, 0.15) is 4.48 Å². The SMILES string of the molecule is CCOC(=O)C(CC)=C(Br)C(=O)O. The Hall–Kier alpha value is -0.840. The summed E-state index contributed by atoms with van der Waals surface area (Å²) in [7, 11) is 0. The van der Waals surface area contributed by atoms with Crippen molar-refractivity contribution in [2.24, 2.45) is 0 Å². The predicted molar refractivity (Wildman–Crippen MR) is 50.5 cm³/mol. The Bertz CT molecular complexity index is 245. The number of ether oxygens (including phenoxy) is 1. The first-order chi connectivity index (χ1) is 6.04. The first-order valence-corrected chi connectivity index (χ1v) is 4.62. The van der Waals surface area contributed by atoms with Gasteiger partial charge in [0, 0.05) is 0 Å². The number of carbonyl (C=O) groups is 2. The Morgan fingerprint density at radius 2 is 1.92 bits per heavy atom. The summed E-state index contributed by atoms with van der Waals surface area (Å²) in [5.41, 5.74) is 0.148. The van der Waals surface area contributed by atoms with E-state index in [9.17, 15) is 9.59 Å². The zero-order chi connectivity index (χ0) is 10.4. The van der Waals surface area contributed by atoms with Crippen molar-refractivity contribution in [1.82, 2.24) is 0 Å². The van der Waals surface area contributed by atoms with Crippen molar-refractivity contribution in [2.45, 2.75) is 20.3 Å². The second-order valence-corrected chi connectivity index (χ2v) is 2.96. The molecule has 0 rings (SSSR count). The van der Waals surface area contributed by atoms with E-state index in [1.54, 1.807) is 13.8 Å². The van der Waals surface area contributed by atoms with Gasteiger partial charge in [0.15, 0.2) is 0 Å². The van der Waals surface area contributed by atoms with E-state index in [4.69, 9.17) is 5.11 Å². The molecule has 0 aliphatic carbocycles. The standard InChI is InChI=1S/C8H11BrO4/c1-3-5(6(9)7(10)11)8(12)13-4-2/h3-4H2,1-2H3,(H,10,11).